The van der Waals surface area contributed by atoms with Crippen molar-refractivity contribution < 1.29 is 0 Å². The molecule has 0 aromatic heterocycles. The first-order chi connectivity index (χ1) is 5.86. The Labute approximate surface area is 69.1 Å². The molecule has 3 heteroatoms. The molecule has 0 aromatic rings. The van der Waals surface area contributed by atoms with Crippen LogP contribution in [0.5, 0.6) is 0 Å². The standard InChI is InChI=1S/C9H6N2O/c12-9-4-8-5-10-3-1-2-7(8)6-11-9/h1-6H. The number of fused-ring (bicyclic) bond motifs is 1. The van der Waals surface area contributed by atoms with Crippen LogP contribution >= 0.6 is 0 Å². The fraction of sp³-hybridized carbons (Fsp3) is 0. The van der Waals surface area contributed by atoms with Gasteiger partial charge in [0.05, 0.1) is 0 Å². The van der Waals surface area contributed by atoms with Crippen LogP contribution in [-0.4, -0.2) is 9.97 Å². The van der Waals surface area contributed by atoms with Gasteiger partial charge in [-0.2, -0.15) is 0 Å². The molecule has 0 amide bonds. The van der Waals surface area contributed by atoms with E-state index in [0.717, 1.165) is 11.1 Å². The van der Waals surface area contributed by atoms with Gasteiger partial charge in [-0.15, -0.1) is 0 Å². The minimum atomic E-state index is -0.226. The molecule has 0 N–H and O–H groups in total. The van der Waals surface area contributed by atoms with E-state index in [-0.39, 0.29) is 5.56 Å². The van der Waals surface area contributed by atoms with Crippen LogP contribution in [0.3, 0.4) is 0 Å². The van der Waals surface area contributed by atoms with Gasteiger partial charge in [-0.3, -0.25) is 9.78 Å². The molecule has 0 fully saturated rings. The predicted molar refractivity (Wildman–Crippen MR) is 44.9 cm³/mol. The van der Waals surface area contributed by atoms with Crippen LogP contribution < -0.4 is 5.56 Å². The summed E-state index contributed by atoms with van der Waals surface area (Å²) in [6.45, 7) is 0. The lowest BCUT2D eigenvalue weighted by molar-refractivity contribution is 1.23. The van der Waals surface area contributed by atoms with E-state index in [9.17, 15) is 4.79 Å². The Morgan fingerprint density at radius 2 is 2.08 bits per heavy atom. The molecule has 58 valence electrons. The smallest absolute Gasteiger partial charge is 0.267 e. The van der Waals surface area contributed by atoms with Gasteiger partial charge >= 0.3 is 0 Å². The number of hydrogen-bond donors (Lipinski definition) is 0. The van der Waals surface area contributed by atoms with E-state index in [4.69, 9.17) is 0 Å². The van der Waals surface area contributed by atoms with Gasteiger partial charge in [0.15, 0.2) is 0 Å². The molecule has 0 bridgehead atoms. The van der Waals surface area contributed by atoms with Crippen molar-refractivity contribution in [2.75, 3.05) is 0 Å². The summed E-state index contributed by atoms with van der Waals surface area (Å²) in [4.78, 5) is 18.4. The average molecular weight is 158 g/mol. The normalized spacial score (nSPS) is 10.0. The van der Waals surface area contributed by atoms with Gasteiger partial charge in [0.25, 0.3) is 5.56 Å². The Bertz CT molecular complexity index is 428. The zero-order valence-corrected chi connectivity index (χ0v) is 6.27. The van der Waals surface area contributed by atoms with Gasteiger partial charge < -0.3 is 0 Å². The Hall–Kier alpha value is -1.77. The van der Waals surface area contributed by atoms with E-state index in [1.165, 1.54) is 6.07 Å². The maximum atomic E-state index is 10.8. The first-order valence-electron chi connectivity index (χ1n) is 3.56. The molecule has 0 radical (unpaired) electrons. The number of rotatable bonds is 0. The Morgan fingerprint density at radius 3 is 3.00 bits per heavy atom. The van der Waals surface area contributed by atoms with Crippen LogP contribution in [0.15, 0.2) is 41.6 Å². The van der Waals surface area contributed by atoms with E-state index in [1.54, 1.807) is 18.6 Å². The second-order valence-electron chi connectivity index (χ2n) is 2.44. The summed E-state index contributed by atoms with van der Waals surface area (Å²) in [6, 6.07) is 5.16. The van der Waals surface area contributed by atoms with Crippen LogP contribution in [0, 0.1) is 0 Å². The second kappa shape index (κ2) is 2.70. The third kappa shape index (κ3) is 1.16. The highest BCUT2D eigenvalue weighted by molar-refractivity contribution is 5.60. The van der Waals surface area contributed by atoms with Crippen molar-refractivity contribution in [1.82, 2.24) is 9.97 Å². The first kappa shape index (κ1) is 6.91. The number of hydrogen-bond acceptors (Lipinski definition) is 3. The largest absolute Gasteiger partial charge is 0.270 e. The lowest BCUT2D eigenvalue weighted by Crippen LogP contribution is -2.03. The summed E-state index contributed by atoms with van der Waals surface area (Å²) in [6.07, 6.45) is 4.88. The molecular weight excluding hydrogens is 152 g/mol. The van der Waals surface area contributed by atoms with Gasteiger partial charge in [-0.05, 0) is 6.07 Å². The van der Waals surface area contributed by atoms with Crippen molar-refractivity contribution in [2.45, 2.75) is 0 Å². The highest BCUT2D eigenvalue weighted by Gasteiger charge is 1.98. The number of aromatic nitrogens is 2. The number of pyridine rings is 1. The zero-order valence-electron chi connectivity index (χ0n) is 6.27. The third-order valence-electron chi connectivity index (χ3n) is 1.60. The zero-order chi connectivity index (χ0) is 8.39. The highest BCUT2D eigenvalue weighted by atomic mass is 16.1. The minimum Gasteiger partial charge on any atom is -0.267 e. The molecule has 12 heavy (non-hydrogen) atoms. The Balaban J connectivity index is 2.82. The predicted octanol–water partition coefficient (Wildman–Crippen LogP) is 0.942. The van der Waals surface area contributed by atoms with Crippen molar-refractivity contribution >= 4 is 0 Å². The fourth-order valence-corrected chi connectivity index (χ4v) is 1.03. The van der Waals surface area contributed by atoms with E-state index in [1.807, 2.05) is 12.1 Å². The van der Waals surface area contributed by atoms with Gasteiger partial charge in [-0.1, -0.05) is 6.07 Å². The van der Waals surface area contributed by atoms with Crippen molar-refractivity contribution in [3.8, 4) is 11.1 Å². The molecule has 0 aromatic carbocycles. The SMILES string of the molecule is O=c1cc2cncccc-2cn1. The monoisotopic (exact) mass is 158 g/mol. The van der Waals surface area contributed by atoms with Gasteiger partial charge in [0.1, 0.15) is 0 Å². The summed E-state index contributed by atoms with van der Waals surface area (Å²) in [5, 5.41) is 0. The average Bonchev–Trinajstić information content (AvgIpc) is 2.28. The molecule has 2 aliphatic heterocycles. The molecule has 2 heterocycles. The summed E-state index contributed by atoms with van der Waals surface area (Å²) in [7, 11) is 0. The Morgan fingerprint density at radius 1 is 1.17 bits per heavy atom. The van der Waals surface area contributed by atoms with E-state index < -0.39 is 0 Å². The molecule has 2 aliphatic rings. The summed E-state index contributed by atoms with van der Waals surface area (Å²) >= 11 is 0. The van der Waals surface area contributed by atoms with E-state index >= 15 is 0 Å². The molecule has 3 nitrogen and oxygen atoms in total. The maximum absolute atomic E-state index is 10.8. The van der Waals surface area contributed by atoms with Crippen LogP contribution in [0.25, 0.3) is 11.1 Å². The van der Waals surface area contributed by atoms with Crippen LogP contribution in [0.1, 0.15) is 0 Å². The van der Waals surface area contributed by atoms with E-state index in [2.05, 4.69) is 9.97 Å². The molecule has 0 atom stereocenters. The molecule has 0 aliphatic carbocycles. The maximum Gasteiger partial charge on any atom is 0.270 e. The second-order valence-corrected chi connectivity index (χ2v) is 2.44. The van der Waals surface area contributed by atoms with Crippen LogP contribution in [-0.2, 0) is 0 Å². The highest BCUT2D eigenvalue weighted by Crippen LogP contribution is 2.13. The van der Waals surface area contributed by atoms with Crippen molar-refractivity contribution in [1.29, 1.82) is 0 Å². The summed E-state index contributed by atoms with van der Waals surface area (Å²) < 4.78 is 0. The third-order valence-corrected chi connectivity index (χ3v) is 1.60. The van der Waals surface area contributed by atoms with Crippen LogP contribution in [0.2, 0.25) is 0 Å². The van der Waals surface area contributed by atoms with E-state index in [0.29, 0.717) is 0 Å². The molecule has 2 rings (SSSR count). The lowest BCUT2D eigenvalue weighted by atomic mass is 10.1. The molecule has 0 spiro atoms. The molecule has 0 saturated heterocycles. The van der Waals surface area contributed by atoms with Crippen molar-refractivity contribution in [3.63, 3.8) is 0 Å². The van der Waals surface area contributed by atoms with Gasteiger partial charge in [0, 0.05) is 35.8 Å². The van der Waals surface area contributed by atoms with Crippen LogP contribution in [0.4, 0.5) is 0 Å². The minimum absolute atomic E-state index is 0.226. The molecule has 0 unspecified atom stereocenters. The number of nitrogens with zero attached hydrogens (tertiary/aromatic N) is 2. The summed E-state index contributed by atoms with van der Waals surface area (Å²) in [5.41, 5.74) is 1.52. The van der Waals surface area contributed by atoms with Crippen molar-refractivity contribution in [2.24, 2.45) is 0 Å². The van der Waals surface area contributed by atoms with Crippen molar-refractivity contribution in [3.05, 3.63) is 47.1 Å². The first-order valence-corrected chi connectivity index (χ1v) is 3.56. The Kier molecular flexibility index (Phi) is 1.55. The van der Waals surface area contributed by atoms with Gasteiger partial charge in [0.2, 0.25) is 0 Å². The lowest BCUT2D eigenvalue weighted by Gasteiger charge is -1.94. The fourth-order valence-electron chi connectivity index (χ4n) is 1.03. The quantitative estimate of drug-likeness (QED) is 0.573. The molecule has 0 saturated carbocycles. The topological polar surface area (TPSA) is 42.9 Å². The molecular formula is C9H6N2O. The van der Waals surface area contributed by atoms with Gasteiger partial charge in [-0.25, -0.2) is 4.98 Å². The summed E-state index contributed by atoms with van der Waals surface area (Å²) in [5.74, 6) is 0.